The molecule has 0 saturated heterocycles. The minimum absolute atomic E-state index is 0.347. The van der Waals surface area contributed by atoms with Crippen molar-refractivity contribution in [2.45, 2.75) is 124 Å². The molecule has 0 aromatic heterocycles. The lowest BCUT2D eigenvalue weighted by Crippen LogP contribution is -2.66. The van der Waals surface area contributed by atoms with Crippen molar-refractivity contribution in [2.75, 3.05) is 35.2 Å². The lowest BCUT2D eigenvalue weighted by Gasteiger charge is -2.64. The van der Waals surface area contributed by atoms with Gasteiger partial charge in [0.1, 0.15) is 0 Å². The van der Waals surface area contributed by atoms with Crippen LogP contribution in [0.2, 0.25) is 0 Å². The van der Waals surface area contributed by atoms with Gasteiger partial charge in [0.2, 0.25) is 0 Å². The number of fused-ring (bicyclic) bond motifs is 5. The highest BCUT2D eigenvalue weighted by Crippen LogP contribution is 2.68. The van der Waals surface area contributed by atoms with E-state index in [1.54, 1.807) is 0 Å². The smallest absolute Gasteiger partial charge is 0.0965 e. The Morgan fingerprint density at radius 2 is 1.70 bits per heavy atom. The third kappa shape index (κ3) is 5.14. The molecular weight excluding hydrogens is 448 g/mol. The van der Waals surface area contributed by atoms with E-state index in [1.807, 2.05) is 5.57 Å². The fourth-order valence-electron chi connectivity index (χ4n) is 11.3. The highest BCUT2D eigenvalue weighted by atomic mass is 15.3. The van der Waals surface area contributed by atoms with Gasteiger partial charge in [-0.2, -0.15) is 0 Å². The van der Waals surface area contributed by atoms with Crippen LogP contribution in [-0.4, -0.2) is 56.7 Å². The monoisotopic (exact) mass is 514 g/mol. The zero-order valence-corrected chi connectivity index (χ0v) is 26.9. The Labute approximate surface area is 232 Å². The predicted octanol–water partition coefficient (Wildman–Crippen LogP) is 8.67. The number of rotatable bonds is 9. The first kappa shape index (κ1) is 29.6. The van der Waals surface area contributed by atoms with Crippen LogP contribution in [-0.2, 0) is 0 Å². The third-order valence-corrected chi connectivity index (χ3v) is 12.9. The summed E-state index contributed by atoms with van der Waals surface area (Å²) in [6.45, 7) is 15.3. The van der Waals surface area contributed by atoms with Crippen molar-refractivity contribution in [2.24, 2.45) is 52.3 Å². The molecule has 0 radical (unpaired) electrons. The summed E-state index contributed by atoms with van der Waals surface area (Å²) in [5, 5.41) is 0. The zero-order chi connectivity index (χ0) is 27.3. The fourth-order valence-corrected chi connectivity index (χ4v) is 11.3. The molecule has 2 nitrogen and oxygen atoms in total. The highest BCUT2D eigenvalue weighted by Gasteiger charge is 2.63. The predicted molar refractivity (Wildman–Crippen MR) is 162 cm³/mol. The van der Waals surface area contributed by atoms with Crippen molar-refractivity contribution in [3.05, 3.63) is 11.6 Å². The summed E-state index contributed by atoms with van der Waals surface area (Å²) in [4.78, 5) is 2.68. The molecule has 0 heterocycles. The maximum absolute atomic E-state index is 2.81. The molecule has 0 aliphatic heterocycles. The maximum Gasteiger partial charge on any atom is 0.0965 e. The molecular formula is C35H65N2+. The van der Waals surface area contributed by atoms with E-state index in [-0.39, 0.29) is 0 Å². The third-order valence-electron chi connectivity index (χ3n) is 12.9. The Hall–Kier alpha value is -0.340. The van der Waals surface area contributed by atoms with Crippen LogP contribution in [0.25, 0.3) is 0 Å². The Kier molecular flexibility index (Phi) is 8.74. The number of allylic oxidation sites excluding steroid dienone is 1. The van der Waals surface area contributed by atoms with Gasteiger partial charge in [0.05, 0.1) is 27.2 Å². The van der Waals surface area contributed by atoms with Crippen LogP contribution < -0.4 is 0 Å². The lowest BCUT2D eigenvalue weighted by atomic mass is 9.44. The summed E-state index contributed by atoms with van der Waals surface area (Å²) in [7, 11) is 12.2. The molecule has 37 heavy (non-hydrogen) atoms. The number of hydrogen-bond donors (Lipinski definition) is 0. The van der Waals surface area contributed by atoms with Gasteiger partial charge >= 0.3 is 0 Å². The minimum Gasteiger partial charge on any atom is -0.328 e. The molecule has 3 fully saturated rings. The summed E-state index contributed by atoms with van der Waals surface area (Å²) in [6.07, 6.45) is 18.5. The molecule has 214 valence electrons. The molecule has 0 spiro atoms. The van der Waals surface area contributed by atoms with Gasteiger partial charge in [0.25, 0.3) is 0 Å². The molecule has 0 amide bonds. The Balaban J connectivity index is 1.63. The summed E-state index contributed by atoms with van der Waals surface area (Å²) in [5.74, 6) is 6.22. The molecule has 10 atom stereocenters. The highest BCUT2D eigenvalue weighted by molar-refractivity contribution is 5.30. The van der Waals surface area contributed by atoms with E-state index in [0.717, 1.165) is 52.0 Å². The van der Waals surface area contributed by atoms with Crippen molar-refractivity contribution >= 4 is 0 Å². The zero-order valence-electron chi connectivity index (χ0n) is 26.9. The van der Waals surface area contributed by atoms with Crippen LogP contribution in [0.15, 0.2) is 11.6 Å². The molecule has 4 aliphatic carbocycles. The summed E-state index contributed by atoms with van der Waals surface area (Å²) in [6, 6.07) is 1.40. The van der Waals surface area contributed by atoms with Crippen LogP contribution in [0.5, 0.6) is 0 Å². The average Bonchev–Trinajstić information content (AvgIpc) is 3.14. The van der Waals surface area contributed by atoms with Gasteiger partial charge in [-0.3, -0.25) is 0 Å². The number of nitrogens with zero attached hydrogens (tertiary/aromatic N) is 2. The van der Waals surface area contributed by atoms with Gasteiger partial charge in [0, 0.05) is 23.8 Å². The summed E-state index contributed by atoms with van der Waals surface area (Å²) >= 11 is 0. The van der Waals surface area contributed by atoms with E-state index in [2.05, 4.69) is 87.8 Å². The van der Waals surface area contributed by atoms with E-state index >= 15 is 0 Å². The van der Waals surface area contributed by atoms with Crippen LogP contribution in [0, 0.1) is 52.3 Å². The Morgan fingerprint density at radius 1 is 1.00 bits per heavy atom. The fraction of sp³-hybridized carbons (Fsp3) is 0.943. The van der Waals surface area contributed by atoms with Crippen LogP contribution in [0.4, 0.5) is 0 Å². The van der Waals surface area contributed by atoms with Gasteiger partial charge in [-0.25, -0.2) is 0 Å². The van der Waals surface area contributed by atoms with Gasteiger partial charge in [-0.05, 0) is 93.5 Å². The number of quaternary nitrogens is 1. The van der Waals surface area contributed by atoms with Crippen LogP contribution >= 0.6 is 0 Å². The minimum atomic E-state index is 0.347. The Morgan fingerprint density at radius 3 is 2.30 bits per heavy atom. The Bertz CT molecular complexity index is 805. The van der Waals surface area contributed by atoms with Gasteiger partial charge < -0.3 is 9.38 Å². The second-order valence-corrected chi connectivity index (χ2v) is 16.4. The van der Waals surface area contributed by atoms with Gasteiger partial charge in [-0.1, -0.05) is 78.9 Å². The molecule has 0 aromatic rings. The van der Waals surface area contributed by atoms with Crippen molar-refractivity contribution in [3.8, 4) is 0 Å². The molecule has 3 saturated carbocycles. The van der Waals surface area contributed by atoms with E-state index in [4.69, 9.17) is 0 Å². The standard InChI is InChI=1S/C35H65N2/c1-12-14-28-32(37(9,10)11)23-26-17-18-27-30-20-19-29(25(4)16-13-15-24(2)3)34(30,5)22-21-31(27)35(26,6)33(28)36(7)8/h17,24-25,27-33H,12-16,18-23H2,1-11H3/q+1/t25-,27+,28?,29-,30+,31+,32?,33?,34-,35+/m1/s1. The van der Waals surface area contributed by atoms with Gasteiger partial charge in [0.15, 0.2) is 0 Å². The average molecular weight is 514 g/mol. The molecule has 3 unspecified atom stereocenters. The molecule has 4 rings (SSSR count). The van der Waals surface area contributed by atoms with E-state index < -0.39 is 0 Å². The molecule has 2 heteroatoms. The first-order valence-corrected chi connectivity index (χ1v) is 16.4. The van der Waals surface area contributed by atoms with Gasteiger partial charge in [-0.15, -0.1) is 0 Å². The molecule has 0 aromatic carbocycles. The van der Waals surface area contributed by atoms with E-state index in [9.17, 15) is 0 Å². The van der Waals surface area contributed by atoms with Crippen molar-refractivity contribution < 1.29 is 4.48 Å². The first-order chi connectivity index (χ1) is 17.3. The normalized spacial score (nSPS) is 42.8. The van der Waals surface area contributed by atoms with Crippen molar-refractivity contribution in [3.63, 3.8) is 0 Å². The SMILES string of the molecule is CCCC1C(N(C)C)[C@@]2(C)C(=CC[C@H]3[C@@H]4CC[C@H]([C@H](C)CCCC(C)C)[C@@]4(C)CC[C@@H]32)CC1[N+](C)(C)C. The first-order valence-electron chi connectivity index (χ1n) is 16.4. The second-order valence-electron chi connectivity index (χ2n) is 16.4. The topological polar surface area (TPSA) is 3.24 Å². The lowest BCUT2D eigenvalue weighted by molar-refractivity contribution is -0.901. The quantitative estimate of drug-likeness (QED) is 0.220. The largest absolute Gasteiger partial charge is 0.328 e. The van der Waals surface area contributed by atoms with Crippen molar-refractivity contribution in [1.29, 1.82) is 0 Å². The molecule has 4 aliphatic rings. The van der Waals surface area contributed by atoms with E-state index in [0.29, 0.717) is 16.9 Å². The van der Waals surface area contributed by atoms with E-state index in [1.165, 1.54) is 70.6 Å². The van der Waals surface area contributed by atoms with Crippen LogP contribution in [0.3, 0.4) is 0 Å². The molecule has 0 bridgehead atoms. The second kappa shape index (κ2) is 10.9. The maximum atomic E-state index is 2.81. The van der Waals surface area contributed by atoms with Crippen LogP contribution in [0.1, 0.15) is 112 Å². The number of hydrogen-bond acceptors (Lipinski definition) is 1. The van der Waals surface area contributed by atoms with Crippen molar-refractivity contribution in [1.82, 2.24) is 4.90 Å². The summed E-state index contributed by atoms with van der Waals surface area (Å²) < 4.78 is 1.10. The molecule has 0 N–H and O–H groups in total. The summed E-state index contributed by atoms with van der Waals surface area (Å²) in [5.41, 5.74) is 2.77.